The van der Waals surface area contributed by atoms with Gasteiger partial charge in [-0.25, -0.2) is 0 Å². The Kier molecular flexibility index (Phi) is 5.91. The summed E-state index contributed by atoms with van der Waals surface area (Å²) in [5.41, 5.74) is 1.28. The van der Waals surface area contributed by atoms with Crippen LogP contribution in [0.4, 0.5) is 0 Å². The van der Waals surface area contributed by atoms with Gasteiger partial charge in [-0.15, -0.1) is 0 Å². The van der Waals surface area contributed by atoms with Crippen LogP contribution in [-0.4, -0.2) is 11.4 Å². The maximum Gasteiger partial charge on any atom is 0.210 e. The molecule has 0 saturated carbocycles. The summed E-state index contributed by atoms with van der Waals surface area (Å²) < 4.78 is 6.89. The van der Waals surface area contributed by atoms with E-state index in [4.69, 9.17) is 9.88 Å². The van der Waals surface area contributed by atoms with Crippen LogP contribution in [0.15, 0.2) is 69.6 Å². The second-order valence-electron chi connectivity index (χ2n) is 5.77. The predicted molar refractivity (Wildman–Crippen MR) is 104 cm³/mol. The average Bonchev–Trinajstić information content (AvgIpc) is 2.77. The zero-order valence-corrected chi connectivity index (χ0v) is 16.3. The minimum Gasteiger partial charge on any atom is -0.478 e. The van der Waals surface area contributed by atoms with Crippen molar-refractivity contribution >= 4 is 39.4 Å². The first kappa shape index (κ1) is 18.8. The lowest BCUT2D eigenvalue weighted by Gasteiger charge is -2.18. The van der Waals surface area contributed by atoms with Crippen LogP contribution in [0.5, 0.6) is 0 Å². The van der Waals surface area contributed by atoms with Crippen molar-refractivity contribution in [2.45, 2.75) is 31.3 Å². The molecule has 1 aliphatic rings. The number of halogens is 1. The summed E-state index contributed by atoms with van der Waals surface area (Å²) in [6.45, 7) is 9.21. The molecule has 0 unspecified atom stereocenters. The van der Waals surface area contributed by atoms with Crippen molar-refractivity contribution in [3.63, 3.8) is 0 Å². The van der Waals surface area contributed by atoms with Gasteiger partial charge in [-0.2, -0.15) is 0 Å². The molecule has 0 bridgehead atoms. The van der Waals surface area contributed by atoms with E-state index in [1.54, 1.807) is 19.9 Å². The predicted octanol–water partition coefficient (Wildman–Crippen LogP) is 5.19. The van der Waals surface area contributed by atoms with E-state index in [1.807, 2.05) is 43.4 Å². The Labute approximate surface area is 155 Å². The molecule has 2 N–H and O–H groups in total. The van der Waals surface area contributed by atoms with E-state index >= 15 is 0 Å². The van der Waals surface area contributed by atoms with Gasteiger partial charge in [0.1, 0.15) is 5.76 Å². The fourth-order valence-electron chi connectivity index (χ4n) is 2.49. The number of hydrogen-bond acceptors (Lipinski definition) is 4. The highest BCUT2D eigenvalue weighted by atomic mass is 79.9. The molecule has 1 aromatic carbocycles. The van der Waals surface area contributed by atoms with Crippen molar-refractivity contribution < 1.29 is 9.53 Å². The van der Waals surface area contributed by atoms with Crippen LogP contribution in [0, 0.1) is 0 Å². The molecule has 1 aliphatic heterocycles. The van der Waals surface area contributed by atoms with Gasteiger partial charge in [0.05, 0.1) is 5.57 Å². The van der Waals surface area contributed by atoms with Crippen LogP contribution >= 0.6 is 27.9 Å². The molecular weight excluding hydrogens is 386 g/mol. The zero-order valence-electron chi connectivity index (χ0n) is 13.9. The molecular formula is C19H20BrNO2S. The van der Waals surface area contributed by atoms with Gasteiger partial charge in [0, 0.05) is 14.9 Å². The van der Waals surface area contributed by atoms with Crippen molar-refractivity contribution in [1.82, 2.24) is 0 Å². The third-order valence-electron chi connectivity index (χ3n) is 3.61. The molecule has 1 aromatic rings. The standard InChI is InChI=1S/C19H20BrNO2S/c1-5-7-12(8-6-2)16-17(23-19(3,4)18(16)22)13-9-10-15(24-21)14(20)11-13/h5-11H,1,21H2,2-4H3/b8-6-,12-7+. The smallest absolute Gasteiger partial charge is 0.210 e. The summed E-state index contributed by atoms with van der Waals surface area (Å²) in [6, 6.07) is 5.73. The number of carbonyl (C=O) groups is 1. The zero-order chi connectivity index (χ0) is 17.9. The van der Waals surface area contributed by atoms with Gasteiger partial charge in [0.15, 0.2) is 5.60 Å². The number of hydrogen-bond donors (Lipinski definition) is 1. The maximum absolute atomic E-state index is 12.9. The topological polar surface area (TPSA) is 52.3 Å². The Bertz CT molecular complexity index is 776. The molecule has 3 nitrogen and oxygen atoms in total. The van der Waals surface area contributed by atoms with Crippen molar-refractivity contribution in [2.24, 2.45) is 5.14 Å². The monoisotopic (exact) mass is 405 g/mol. The van der Waals surface area contributed by atoms with Gasteiger partial charge < -0.3 is 4.74 Å². The second kappa shape index (κ2) is 7.55. The van der Waals surface area contributed by atoms with Crippen molar-refractivity contribution in [2.75, 3.05) is 0 Å². The molecule has 1 heterocycles. The summed E-state index contributed by atoms with van der Waals surface area (Å²) in [6.07, 6.45) is 7.27. The van der Waals surface area contributed by atoms with E-state index in [1.165, 1.54) is 0 Å². The number of ether oxygens (including phenoxy) is 1. The average molecular weight is 406 g/mol. The van der Waals surface area contributed by atoms with Gasteiger partial charge in [0.2, 0.25) is 5.78 Å². The minimum atomic E-state index is -0.903. The highest BCUT2D eigenvalue weighted by Crippen LogP contribution is 2.41. The summed E-state index contributed by atoms with van der Waals surface area (Å²) in [4.78, 5) is 13.8. The first-order valence-electron chi connectivity index (χ1n) is 7.46. The van der Waals surface area contributed by atoms with Crippen molar-refractivity contribution in [3.8, 4) is 0 Å². The molecule has 5 heteroatoms. The summed E-state index contributed by atoms with van der Waals surface area (Å²) in [7, 11) is 0. The normalized spacial score (nSPS) is 17.5. The maximum atomic E-state index is 12.9. The Morgan fingerprint density at radius 3 is 2.67 bits per heavy atom. The second-order valence-corrected chi connectivity index (χ2v) is 7.30. The largest absolute Gasteiger partial charge is 0.478 e. The van der Waals surface area contributed by atoms with Crippen LogP contribution in [0.2, 0.25) is 0 Å². The SMILES string of the molecule is C=C/C=C(\C=C/C)C1=C(c2ccc(SN)c(Br)c2)OC(C)(C)C1=O. The first-order valence-corrected chi connectivity index (χ1v) is 9.13. The lowest BCUT2D eigenvalue weighted by atomic mass is 9.92. The first-order chi connectivity index (χ1) is 11.4. The molecule has 0 spiro atoms. The molecule has 0 fully saturated rings. The molecule has 24 heavy (non-hydrogen) atoms. The van der Waals surface area contributed by atoms with E-state index in [0.29, 0.717) is 11.3 Å². The molecule has 0 aromatic heterocycles. The Morgan fingerprint density at radius 1 is 1.42 bits per heavy atom. The molecule has 0 atom stereocenters. The number of nitrogens with two attached hydrogens (primary N) is 1. The van der Waals surface area contributed by atoms with Crippen LogP contribution in [0.25, 0.3) is 5.76 Å². The van der Waals surface area contributed by atoms with Crippen LogP contribution in [0.3, 0.4) is 0 Å². The van der Waals surface area contributed by atoms with Gasteiger partial charge >= 0.3 is 0 Å². The summed E-state index contributed by atoms with van der Waals surface area (Å²) in [5.74, 6) is 0.530. The van der Waals surface area contributed by atoms with E-state index in [9.17, 15) is 4.79 Å². The van der Waals surface area contributed by atoms with Crippen LogP contribution < -0.4 is 5.14 Å². The third-order valence-corrected chi connectivity index (χ3v) is 5.14. The summed E-state index contributed by atoms with van der Waals surface area (Å²) >= 11 is 4.67. The molecule has 126 valence electrons. The Morgan fingerprint density at radius 2 is 2.12 bits per heavy atom. The fraction of sp³-hybridized carbons (Fsp3) is 0.211. The number of Topliss-reactive ketones (excluding diaryl/α,β-unsaturated/α-hetero) is 1. The van der Waals surface area contributed by atoms with Gasteiger partial charge in [-0.05, 0) is 72.4 Å². The molecule has 0 saturated heterocycles. The van der Waals surface area contributed by atoms with Gasteiger partial charge in [0.25, 0.3) is 0 Å². The number of ketones is 1. The highest BCUT2D eigenvalue weighted by molar-refractivity contribution is 9.10. The lowest BCUT2D eigenvalue weighted by Crippen LogP contribution is -2.29. The van der Waals surface area contributed by atoms with Crippen molar-refractivity contribution in [1.29, 1.82) is 0 Å². The van der Waals surface area contributed by atoms with Crippen LogP contribution in [-0.2, 0) is 9.53 Å². The lowest BCUT2D eigenvalue weighted by molar-refractivity contribution is -0.126. The fourth-order valence-corrected chi connectivity index (χ4v) is 3.47. The highest BCUT2D eigenvalue weighted by Gasteiger charge is 2.43. The van der Waals surface area contributed by atoms with Crippen molar-refractivity contribution in [3.05, 3.63) is 70.3 Å². The molecule has 2 rings (SSSR count). The summed E-state index contributed by atoms with van der Waals surface area (Å²) in [5, 5.41) is 5.63. The van der Waals surface area contributed by atoms with Gasteiger partial charge in [-0.3, -0.25) is 9.93 Å². The number of carbonyl (C=O) groups excluding carboxylic acids is 1. The minimum absolute atomic E-state index is 0.0444. The van der Waals surface area contributed by atoms with E-state index < -0.39 is 5.60 Å². The molecule has 0 radical (unpaired) electrons. The Balaban J connectivity index is 2.68. The number of benzene rings is 1. The number of rotatable bonds is 5. The Hall–Kier alpha value is -1.56. The van der Waals surface area contributed by atoms with Crippen LogP contribution in [0.1, 0.15) is 26.3 Å². The third kappa shape index (κ3) is 3.58. The van der Waals surface area contributed by atoms with E-state index in [0.717, 1.165) is 32.5 Å². The van der Waals surface area contributed by atoms with Gasteiger partial charge in [-0.1, -0.05) is 30.9 Å². The molecule has 0 aliphatic carbocycles. The quantitative estimate of drug-likeness (QED) is 0.540. The van der Waals surface area contributed by atoms with E-state index in [-0.39, 0.29) is 5.78 Å². The van der Waals surface area contributed by atoms with E-state index in [2.05, 4.69) is 22.5 Å². The molecule has 0 amide bonds. The number of allylic oxidation sites excluding steroid dienone is 5.